The van der Waals surface area contributed by atoms with E-state index in [1.807, 2.05) is 0 Å². The lowest BCUT2D eigenvalue weighted by Gasteiger charge is -2.49. The minimum Gasteiger partial charge on any atom is -0.479 e. The van der Waals surface area contributed by atoms with Crippen molar-refractivity contribution in [3.8, 4) is 0 Å². The number of carbonyl (C=O) groups excluding carboxylic acids is 3. The number of rotatable bonds is 21. The van der Waals surface area contributed by atoms with E-state index in [1.165, 1.54) is 13.8 Å². The second kappa shape index (κ2) is 27.0. The monoisotopic (exact) mass is 1080 g/mol. The van der Waals surface area contributed by atoms with E-state index in [4.69, 9.17) is 42.3 Å². The van der Waals surface area contributed by atoms with E-state index in [-0.39, 0.29) is 43.9 Å². The van der Waals surface area contributed by atoms with E-state index in [9.17, 15) is 69.9 Å². The number of nitrogens with one attached hydrogen (secondary N) is 3. The van der Waals surface area contributed by atoms with Crippen molar-refractivity contribution in [2.45, 2.75) is 195 Å². The Morgan fingerprint density at radius 3 is 2.08 bits per heavy atom. The molecule has 2 aromatic rings. The van der Waals surface area contributed by atoms with E-state index in [0.29, 0.717) is 11.0 Å². The molecule has 3 aliphatic heterocycles. The van der Waals surface area contributed by atoms with Crippen molar-refractivity contribution in [3.63, 3.8) is 0 Å². The number of hydrogen-bond donors (Lipinski definition) is 12. The molecular formula is C50H73N3O23. The number of carboxylic acids is 1. The standard InChI is InChI=1S/C50H73N3O23/c1-22-36(58)39(61)40(62)50(70-22)76-42-29(52-23(2)56)17-27(18-31(42)73-48-35(53-24(3)57)43(37(59)33(19-54)74-48)71-32(46(65)66)15-25-9-5-4-6-10-25)45(64)51-13-14-68-49-41(63)44(38(60)34(20-55)75-49)69-21-28-16-26-11-7-8-12-30(26)72-47(28)67/h7-8,11-12,16,22,25,27,29,31-44,48-50,54-55,58-63H,4-6,9-10,13-15,17-21H2,1-3H3,(H,51,64)(H,52,56)(H,53,57)(H,65,66)/t22?,27?,29?,31-,32+,33?,34?,35?,36-,37+,38-,39?,40?,41?,42?,43?,44?,48-,49+,50+/m1/s1. The molecule has 0 radical (unpaired) electrons. The van der Waals surface area contributed by atoms with Crippen LogP contribution in [0.25, 0.3) is 11.0 Å². The largest absolute Gasteiger partial charge is 0.479 e. The Morgan fingerprint density at radius 2 is 1.41 bits per heavy atom. The molecule has 2 saturated carbocycles. The van der Waals surface area contributed by atoms with Gasteiger partial charge in [0.05, 0.1) is 50.2 Å². The predicted octanol–water partition coefficient (Wildman–Crippen LogP) is -2.85. The van der Waals surface area contributed by atoms with Crippen LogP contribution >= 0.6 is 0 Å². The lowest BCUT2D eigenvalue weighted by molar-refractivity contribution is -0.335. The van der Waals surface area contributed by atoms with Crippen LogP contribution in [0.4, 0.5) is 0 Å². The molecule has 5 aliphatic rings. The molecule has 5 fully saturated rings. The number of hydrogen-bond acceptors (Lipinski definition) is 22. The van der Waals surface area contributed by atoms with Crippen molar-refractivity contribution >= 4 is 34.7 Å². The molecule has 0 spiro atoms. The maximum absolute atomic E-state index is 14.2. The van der Waals surface area contributed by atoms with Crippen molar-refractivity contribution in [1.82, 2.24) is 16.0 Å². The van der Waals surface area contributed by atoms with E-state index >= 15 is 0 Å². The van der Waals surface area contributed by atoms with E-state index < -0.39 is 171 Å². The Labute approximate surface area is 436 Å². The first kappa shape index (κ1) is 59.3. The Morgan fingerprint density at radius 1 is 0.737 bits per heavy atom. The van der Waals surface area contributed by atoms with Gasteiger partial charge in [-0.2, -0.15) is 0 Å². The van der Waals surface area contributed by atoms with Gasteiger partial charge in [0.25, 0.3) is 0 Å². The van der Waals surface area contributed by atoms with Gasteiger partial charge >= 0.3 is 11.6 Å². The summed E-state index contributed by atoms with van der Waals surface area (Å²) in [5, 5.41) is 106. The summed E-state index contributed by atoms with van der Waals surface area (Å²) in [5.74, 6) is -4.28. The normalized spacial score (nSPS) is 36.8. The van der Waals surface area contributed by atoms with E-state index in [0.717, 1.165) is 39.0 Å². The highest BCUT2D eigenvalue weighted by molar-refractivity contribution is 5.79. The average Bonchev–Trinajstić information content (AvgIpc) is 3.39. The van der Waals surface area contributed by atoms with Gasteiger partial charge in [0.15, 0.2) is 25.0 Å². The molecular weight excluding hydrogens is 1010 g/mol. The molecule has 1 aromatic heterocycles. The van der Waals surface area contributed by atoms with E-state index in [1.54, 1.807) is 30.3 Å². The minimum atomic E-state index is -1.84. The molecule has 7 rings (SSSR count). The maximum atomic E-state index is 14.2. The Hall–Kier alpha value is -4.33. The highest BCUT2D eigenvalue weighted by Crippen LogP contribution is 2.37. The lowest BCUT2D eigenvalue weighted by Crippen LogP contribution is -2.68. The maximum Gasteiger partial charge on any atom is 0.341 e. The molecule has 0 bridgehead atoms. The number of aliphatic hydroxyl groups excluding tert-OH is 8. The minimum absolute atomic E-state index is 0.00179. The van der Waals surface area contributed by atoms with Crippen LogP contribution in [0.2, 0.25) is 0 Å². The van der Waals surface area contributed by atoms with E-state index in [2.05, 4.69) is 16.0 Å². The van der Waals surface area contributed by atoms with Gasteiger partial charge in [-0.05, 0) is 44.2 Å². The molecule has 426 valence electrons. The number of benzene rings is 1. The van der Waals surface area contributed by atoms with Crippen LogP contribution in [0.1, 0.15) is 77.7 Å². The van der Waals surface area contributed by atoms with Crippen LogP contribution < -0.4 is 21.6 Å². The Balaban J connectivity index is 1.09. The summed E-state index contributed by atoms with van der Waals surface area (Å²) < 4.78 is 53.5. The predicted molar refractivity (Wildman–Crippen MR) is 257 cm³/mol. The third kappa shape index (κ3) is 14.5. The van der Waals surface area contributed by atoms with Crippen molar-refractivity contribution in [2.24, 2.45) is 11.8 Å². The molecule has 1 aromatic carbocycles. The third-order valence-electron chi connectivity index (χ3n) is 14.7. The smallest absolute Gasteiger partial charge is 0.341 e. The van der Waals surface area contributed by atoms with Gasteiger partial charge in [-0.1, -0.05) is 50.3 Å². The Kier molecular flexibility index (Phi) is 21.1. The summed E-state index contributed by atoms with van der Waals surface area (Å²) in [6.07, 6.45) is -22.0. The fourth-order valence-corrected chi connectivity index (χ4v) is 10.7. The van der Waals surface area contributed by atoms with Crippen LogP contribution in [-0.4, -0.2) is 212 Å². The zero-order chi connectivity index (χ0) is 55.0. The number of aliphatic hydroxyl groups is 8. The second-order valence-electron chi connectivity index (χ2n) is 20.3. The van der Waals surface area contributed by atoms with Crippen molar-refractivity contribution in [1.29, 1.82) is 0 Å². The van der Waals surface area contributed by atoms with Crippen molar-refractivity contribution < 1.29 is 107 Å². The average molecular weight is 1080 g/mol. The number of fused-ring (bicyclic) bond motifs is 1. The van der Waals surface area contributed by atoms with Gasteiger partial charge < -0.3 is 104 Å². The molecule has 26 nitrogen and oxygen atoms in total. The van der Waals surface area contributed by atoms with Gasteiger partial charge in [0.2, 0.25) is 17.7 Å². The molecule has 26 heteroatoms. The highest BCUT2D eigenvalue weighted by Gasteiger charge is 2.54. The molecule has 2 aliphatic carbocycles. The Bertz CT molecular complexity index is 2300. The number of amides is 3. The molecule has 12 unspecified atom stereocenters. The molecule has 4 heterocycles. The van der Waals surface area contributed by atoms with Crippen LogP contribution in [-0.2, 0) is 63.7 Å². The SMILES string of the molecule is CC(=O)NC1CC(C(=O)NCCO[C@H]2OC(CO)[C@@H](O)C(OCc3cc4ccccc4oc3=O)C2O)C[C@@H](O[C@@H]2OC(CO)[C@H](O)C(O[C@@H](CC3CCCCC3)C(=O)O)C2NC(C)=O)C1O[C@@H]1OC(C)[C@@H](O)C(O)C1O. The summed E-state index contributed by atoms with van der Waals surface area (Å²) >= 11 is 0. The van der Waals surface area contributed by atoms with Crippen molar-refractivity contribution in [3.05, 3.63) is 46.3 Å². The van der Waals surface area contributed by atoms with Gasteiger partial charge in [-0.3, -0.25) is 14.4 Å². The number of aliphatic carboxylic acids is 1. The summed E-state index contributed by atoms with van der Waals surface area (Å²) in [6.45, 7) is 1.27. The zero-order valence-electron chi connectivity index (χ0n) is 42.4. The first-order valence-corrected chi connectivity index (χ1v) is 25.8. The third-order valence-corrected chi connectivity index (χ3v) is 14.7. The fraction of sp³-hybridized carbons (Fsp3) is 0.740. The number of ether oxygens (including phenoxy) is 8. The summed E-state index contributed by atoms with van der Waals surface area (Å²) in [4.78, 5) is 65.3. The fourth-order valence-electron chi connectivity index (χ4n) is 10.7. The second-order valence-corrected chi connectivity index (χ2v) is 20.3. The van der Waals surface area contributed by atoms with Gasteiger partial charge in [0, 0.05) is 31.7 Å². The van der Waals surface area contributed by atoms with Gasteiger partial charge in [-0.15, -0.1) is 0 Å². The zero-order valence-corrected chi connectivity index (χ0v) is 42.4. The summed E-state index contributed by atoms with van der Waals surface area (Å²) in [7, 11) is 0. The number of para-hydroxylation sites is 1. The van der Waals surface area contributed by atoms with Gasteiger partial charge in [0.1, 0.15) is 78.8 Å². The molecule has 20 atom stereocenters. The molecule has 3 saturated heterocycles. The number of carbonyl (C=O) groups is 4. The van der Waals surface area contributed by atoms with Crippen LogP contribution in [0.3, 0.4) is 0 Å². The van der Waals surface area contributed by atoms with Gasteiger partial charge in [-0.25, -0.2) is 9.59 Å². The van der Waals surface area contributed by atoms with Crippen LogP contribution in [0, 0.1) is 11.8 Å². The van der Waals surface area contributed by atoms with Crippen molar-refractivity contribution in [2.75, 3.05) is 26.4 Å². The highest BCUT2D eigenvalue weighted by atomic mass is 16.7. The summed E-state index contributed by atoms with van der Waals surface area (Å²) in [5.41, 5.74) is -0.268. The lowest BCUT2D eigenvalue weighted by atomic mass is 9.80. The van der Waals surface area contributed by atoms with Crippen LogP contribution in [0.5, 0.6) is 0 Å². The van der Waals surface area contributed by atoms with Crippen LogP contribution in [0.15, 0.2) is 39.5 Å². The first-order chi connectivity index (χ1) is 36.3. The summed E-state index contributed by atoms with van der Waals surface area (Å²) in [6, 6.07) is 5.70. The molecule has 3 amide bonds. The quantitative estimate of drug-likeness (QED) is 0.0442. The number of carboxylic acid groups (broad SMARTS) is 1. The first-order valence-electron chi connectivity index (χ1n) is 25.8. The molecule has 76 heavy (non-hydrogen) atoms. The molecule has 12 N–H and O–H groups in total. The topological polar surface area (TPSA) is 390 Å².